The van der Waals surface area contributed by atoms with Crippen LogP contribution in [0, 0.1) is 0 Å². The van der Waals surface area contributed by atoms with Crippen LogP contribution in [0.5, 0.6) is 0 Å². The standard InChI is InChI=1S/C14H22BrN3S/c1-17(8-11-7-13(15)19-9-11)14(10-16)4-6-18-5-2-3-12(14)18/h7,9,12H,2-6,8,10,16H2,1H3. The first-order valence-electron chi connectivity index (χ1n) is 7.04. The second-order valence-corrected chi connectivity index (χ2v) is 8.16. The number of hydrogen-bond acceptors (Lipinski definition) is 4. The summed E-state index contributed by atoms with van der Waals surface area (Å²) in [6, 6.07) is 2.90. The number of hydrogen-bond donors (Lipinski definition) is 1. The minimum absolute atomic E-state index is 0.185. The van der Waals surface area contributed by atoms with Gasteiger partial charge in [0.25, 0.3) is 0 Å². The fraction of sp³-hybridized carbons (Fsp3) is 0.714. The average molecular weight is 344 g/mol. The van der Waals surface area contributed by atoms with Crippen molar-refractivity contribution in [2.24, 2.45) is 5.73 Å². The van der Waals surface area contributed by atoms with E-state index in [0.29, 0.717) is 6.04 Å². The lowest BCUT2D eigenvalue weighted by molar-refractivity contribution is 0.0842. The summed E-state index contributed by atoms with van der Waals surface area (Å²) in [4.78, 5) is 5.16. The van der Waals surface area contributed by atoms with Gasteiger partial charge in [-0.05, 0) is 65.8 Å². The van der Waals surface area contributed by atoms with E-state index in [1.165, 1.54) is 41.7 Å². The molecule has 0 aromatic carbocycles. The Bertz CT molecular complexity index is 450. The Morgan fingerprint density at radius 1 is 1.58 bits per heavy atom. The van der Waals surface area contributed by atoms with E-state index in [1.807, 2.05) is 0 Å². The van der Waals surface area contributed by atoms with Crippen molar-refractivity contribution in [1.29, 1.82) is 0 Å². The average Bonchev–Trinajstić information content (AvgIpc) is 3.05. The SMILES string of the molecule is CN(Cc1csc(Br)c1)C1(CN)CCN2CCCC21. The van der Waals surface area contributed by atoms with Crippen LogP contribution in [0.15, 0.2) is 15.2 Å². The summed E-state index contributed by atoms with van der Waals surface area (Å²) in [6.45, 7) is 4.27. The zero-order chi connectivity index (χ0) is 13.5. The van der Waals surface area contributed by atoms with Gasteiger partial charge >= 0.3 is 0 Å². The van der Waals surface area contributed by atoms with Crippen molar-refractivity contribution in [3.8, 4) is 0 Å². The lowest BCUT2D eigenvalue weighted by Crippen LogP contribution is -2.58. The molecule has 0 radical (unpaired) electrons. The molecule has 2 atom stereocenters. The fourth-order valence-electron chi connectivity index (χ4n) is 3.91. The van der Waals surface area contributed by atoms with Crippen molar-refractivity contribution in [3.05, 3.63) is 20.8 Å². The first-order valence-corrected chi connectivity index (χ1v) is 8.71. The lowest BCUT2D eigenvalue weighted by atomic mass is 9.86. The molecule has 5 heteroatoms. The summed E-state index contributed by atoms with van der Waals surface area (Å²) in [5, 5.41) is 2.24. The molecule has 2 unspecified atom stereocenters. The minimum Gasteiger partial charge on any atom is -0.329 e. The van der Waals surface area contributed by atoms with E-state index in [-0.39, 0.29) is 5.54 Å². The Balaban J connectivity index is 1.77. The van der Waals surface area contributed by atoms with E-state index in [1.54, 1.807) is 11.3 Å². The molecule has 2 saturated heterocycles. The zero-order valence-corrected chi connectivity index (χ0v) is 13.8. The third-order valence-corrected chi connectivity index (χ3v) is 6.52. The van der Waals surface area contributed by atoms with Gasteiger partial charge in [-0.1, -0.05) is 0 Å². The van der Waals surface area contributed by atoms with E-state index in [0.717, 1.165) is 13.1 Å². The van der Waals surface area contributed by atoms with Gasteiger partial charge in [-0.25, -0.2) is 0 Å². The molecule has 2 aliphatic rings. The molecular weight excluding hydrogens is 322 g/mol. The summed E-state index contributed by atoms with van der Waals surface area (Å²) >= 11 is 5.31. The van der Waals surface area contributed by atoms with Gasteiger partial charge in [-0.2, -0.15) is 0 Å². The maximum atomic E-state index is 6.21. The molecule has 0 amide bonds. The van der Waals surface area contributed by atoms with Crippen molar-refractivity contribution < 1.29 is 0 Å². The number of halogens is 1. The maximum absolute atomic E-state index is 6.21. The number of fused-ring (bicyclic) bond motifs is 1. The van der Waals surface area contributed by atoms with E-state index in [2.05, 4.69) is 44.2 Å². The van der Waals surface area contributed by atoms with E-state index in [4.69, 9.17) is 5.73 Å². The van der Waals surface area contributed by atoms with Crippen molar-refractivity contribution >= 4 is 27.3 Å². The van der Waals surface area contributed by atoms with Crippen molar-refractivity contribution in [2.45, 2.75) is 37.4 Å². The zero-order valence-electron chi connectivity index (χ0n) is 11.4. The Morgan fingerprint density at radius 2 is 2.42 bits per heavy atom. The van der Waals surface area contributed by atoms with E-state index < -0.39 is 0 Å². The highest BCUT2D eigenvalue weighted by Gasteiger charge is 2.50. The summed E-state index contributed by atoms with van der Waals surface area (Å²) < 4.78 is 1.21. The molecule has 1 aromatic rings. The van der Waals surface area contributed by atoms with E-state index in [9.17, 15) is 0 Å². The monoisotopic (exact) mass is 343 g/mol. The minimum atomic E-state index is 0.185. The molecule has 0 aliphatic carbocycles. The summed E-state index contributed by atoms with van der Waals surface area (Å²) in [7, 11) is 2.25. The molecule has 0 bridgehead atoms. The van der Waals surface area contributed by atoms with Crippen LogP contribution in [0.1, 0.15) is 24.8 Å². The van der Waals surface area contributed by atoms with Gasteiger partial charge in [-0.15, -0.1) is 11.3 Å². The lowest BCUT2D eigenvalue weighted by Gasteiger charge is -2.42. The molecule has 19 heavy (non-hydrogen) atoms. The molecular formula is C14H22BrN3S. The predicted octanol–water partition coefficient (Wildman–Crippen LogP) is 2.51. The van der Waals surface area contributed by atoms with Crippen LogP contribution in [-0.2, 0) is 6.54 Å². The summed E-state index contributed by atoms with van der Waals surface area (Å²) in [6.07, 6.45) is 3.87. The normalized spacial score (nSPS) is 31.3. The second-order valence-electron chi connectivity index (χ2n) is 5.87. The first kappa shape index (κ1) is 14.0. The van der Waals surface area contributed by atoms with Crippen molar-refractivity contribution in [3.63, 3.8) is 0 Å². The Kier molecular flexibility index (Phi) is 4.02. The van der Waals surface area contributed by atoms with Crippen LogP contribution in [0.25, 0.3) is 0 Å². The molecule has 2 aliphatic heterocycles. The molecule has 1 aromatic heterocycles. The number of rotatable bonds is 4. The number of likely N-dealkylation sites (N-methyl/N-ethyl adjacent to an activating group) is 1. The number of nitrogens with zero attached hydrogens (tertiary/aromatic N) is 2. The van der Waals surface area contributed by atoms with Crippen LogP contribution in [-0.4, -0.2) is 48.1 Å². The predicted molar refractivity (Wildman–Crippen MR) is 84.5 cm³/mol. The van der Waals surface area contributed by atoms with Crippen molar-refractivity contribution in [2.75, 3.05) is 26.7 Å². The van der Waals surface area contributed by atoms with Crippen molar-refractivity contribution in [1.82, 2.24) is 9.80 Å². The number of thiophene rings is 1. The maximum Gasteiger partial charge on any atom is 0.0701 e. The third-order valence-electron chi connectivity index (χ3n) is 4.97. The molecule has 3 rings (SSSR count). The smallest absolute Gasteiger partial charge is 0.0701 e. The highest BCUT2D eigenvalue weighted by atomic mass is 79.9. The number of nitrogens with two attached hydrogens (primary N) is 1. The van der Waals surface area contributed by atoms with Gasteiger partial charge in [0.1, 0.15) is 0 Å². The van der Waals surface area contributed by atoms with Crippen LogP contribution in [0.3, 0.4) is 0 Å². The van der Waals surface area contributed by atoms with Gasteiger partial charge in [0.15, 0.2) is 0 Å². The molecule has 2 fully saturated rings. The Hall–Kier alpha value is 0.0600. The van der Waals surface area contributed by atoms with Gasteiger partial charge in [0.2, 0.25) is 0 Å². The first-order chi connectivity index (χ1) is 9.15. The van der Waals surface area contributed by atoms with Gasteiger partial charge in [0, 0.05) is 31.2 Å². The van der Waals surface area contributed by atoms with Crippen LogP contribution < -0.4 is 5.73 Å². The topological polar surface area (TPSA) is 32.5 Å². The Labute approximate surface area is 127 Å². The van der Waals surface area contributed by atoms with Gasteiger partial charge < -0.3 is 5.73 Å². The van der Waals surface area contributed by atoms with Crippen LogP contribution in [0.4, 0.5) is 0 Å². The molecule has 0 spiro atoms. The largest absolute Gasteiger partial charge is 0.329 e. The van der Waals surface area contributed by atoms with Gasteiger partial charge in [0.05, 0.1) is 3.79 Å². The van der Waals surface area contributed by atoms with Crippen LogP contribution >= 0.6 is 27.3 Å². The quantitative estimate of drug-likeness (QED) is 0.911. The highest BCUT2D eigenvalue weighted by molar-refractivity contribution is 9.11. The highest BCUT2D eigenvalue weighted by Crippen LogP contribution is 2.39. The Morgan fingerprint density at radius 3 is 3.11 bits per heavy atom. The fourth-order valence-corrected chi connectivity index (χ4v) is 5.11. The molecule has 3 heterocycles. The van der Waals surface area contributed by atoms with Gasteiger partial charge in [-0.3, -0.25) is 9.80 Å². The third kappa shape index (κ3) is 2.40. The molecule has 3 nitrogen and oxygen atoms in total. The van der Waals surface area contributed by atoms with E-state index >= 15 is 0 Å². The summed E-state index contributed by atoms with van der Waals surface area (Å²) in [5.41, 5.74) is 7.79. The molecule has 106 valence electrons. The summed E-state index contributed by atoms with van der Waals surface area (Å²) in [5.74, 6) is 0. The molecule has 2 N–H and O–H groups in total. The molecule has 0 saturated carbocycles. The van der Waals surface area contributed by atoms with Crippen LogP contribution in [0.2, 0.25) is 0 Å². The second kappa shape index (κ2) is 5.45.